The molecule has 10 heavy (non-hydrogen) atoms. The third-order valence-corrected chi connectivity index (χ3v) is 1.79. The summed E-state index contributed by atoms with van der Waals surface area (Å²) in [4.78, 5) is -0.454. The van der Waals surface area contributed by atoms with Gasteiger partial charge in [0.1, 0.15) is 4.84 Å². The van der Waals surface area contributed by atoms with Crippen molar-refractivity contribution in [3.8, 4) is 0 Å². The van der Waals surface area contributed by atoms with Crippen molar-refractivity contribution in [2.75, 3.05) is 7.11 Å². The number of ether oxygens (including phenoxy) is 1. The van der Waals surface area contributed by atoms with Gasteiger partial charge < -0.3 is 4.74 Å². The summed E-state index contributed by atoms with van der Waals surface area (Å²) in [6.07, 6.45) is -0.101. The number of hydrogen-bond acceptors (Lipinski definition) is 1. The molecule has 0 radical (unpaired) electrons. The van der Waals surface area contributed by atoms with Gasteiger partial charge in [-0.1, -0.05) is 20.8 Å². The molecule has 1 unspecified atom stereocenters. The summed E-state index contributed by atoms with van der Waals surface area (Å²) in [7, 11) is 1.62. The van der Waals surface area contributed by atoms with Crippen molar-refractivity contribution in [3.05, 3.63) is 0 Å². The van der Waals surface area contributed by atoms with Gasteiger partial charge >= 0.3 is 0 Å². The minimum Gasteiger partial charge on any atom is -0.378 e. The van der Waals surface area contributed by atoms with Gasteiger partial charge in [-0.3, -0.25) is 0 Å². The molecule has 62 valence electrons. The monoisotopic (exact) mass is 184 g/mol. The molecule has 0 N–H and O–H groups in total. The third-order valence-electron chi connectivity index (χ3n) is 1.34. The van der Waals surface area contributed by atoms with Crippen molar-refractivity contribution < 1.29 is 4.74 Å². The van der Waals surface area contributed by atoms with Crippen molar-refractivity contribution in [1.82, 2.24) is 0 Å². The van der Waals surface area contributed by atoms with E-state index in [1.807, 2.05) is 20.8 Å². The van der Waals surface area contributed by atoms with Gasteiger partial charge in [0.2, 0.25) is 0 Å². The molecule has 0 aliphatic rings. The molecule has 0 aliphatic heterocycles. The maximum Gasteiger partial charge on any atom is 0.134 e. The van der Waals surface area contributed by atoms with E-state index in [4.69, 9.17) is 27.9 Å². The minimum atomic E-state index is -0.454. The molecular formula is C7H14Cl2O. The molecular weight excluding hydrogens is 171 g/mol. The molecule has 0 bridgehead atoms. The summed E-state index contributed by atoms with van der Waals surface area (Å²) in [5.41, 5.74) is 0.00289. The quantitative estimate of drug-likeness (QED) is 0.601. The van der Waals surface area contributed by atoms with Gasteiger partial charge in [0.25, 0.3) is 0 Å². The third kappa shape index (κ3) is 3.09. The molecule has 0 fully saturated rings. The standard InChI is InChI=1S/C7H14Cl2O/c1-7(2,3)5(10-4)6(8)9/h5-6H,1-4H3. The lowest BCUT2D eigenvalue weighted by atomic mass is 9.90. The van der Waals surface area contributed by atoms with Crippen molar-refractivity contribution in [3.63, 3.8) is 0 Å². The molecule has 0 spiro atoms. The fraction of sp³-hybridized carbons (Fsp3) is 1.00. The van der Waals surface area contributed by atoms with Crippen LogP contribution in [-0.4, -0.2) is 18.1 Å². The summed E-state index contributed by atoms with van der Waals surface area (Å²) in [5.74, 6) is 0. The van der Waals surface area contributed by atoms with Crippen molar-refractivity contribution in [2.24, 2.45) is 5.41 Å². The Kier molecular flexibility index (Phi) is 4.00. The minimum absolute atomic E-state index is 0.00289. The second kappa shape index (κ2) is 3.80. The first-order chi connectivity index (χ1) is 4.39. The molecule has 0 saturated heterocycles. The maximum absolute atomic E-state index is 5.67. The first-order valence-electron chi connectivity index (χ1n) is 3.20. The average molecular weight is 185 g/mol. The van der Waals surface area contributed by atoms with E-state index in [9.17, 15) is 0 Å². The van der Waals surface area contributed by atoms with Crippen LogP contribution in [0.3, 0.4) is 0 Å². The molecule has 3 heteroatoms. The van der Waals surface area contributed by atoms with Crippen LogP contribution in [0.25, 0.3) is 0 Å². The molecule has 0 aromatic rings. The van der Waals surface area contributed by atoms with Gasteiger partial charge in [-0.25, -0.2) is 0 Å². The van der Waals surface area contributed by atoms with E-state index < -0.39 is 4.84 Å². The lowest BCUT2D eigenvalue weighted by Gasteiger charge is -2.29. The van der Waals surface area contributed by atoms with Gasteiger partial charge in [0, 0.05) is 7.11 Å². The first-order valence-corrected chi connectivity index (χ1v) is 4.08. The van der Waals surface area contributed by atoms with Crippen molar-refractivity contribution >= 4 is 23.2 Å². The number of methoxy groups -OCH3 is 1. The topological polar surface area (TPSA) is 9.23 Å². The SMILES string of the molecule is COC(C(Cl)Cl)C(C)(C)C. The lowest BCUT2D eigenvalue weighted by Crippen LogP contribution is -2.33. The van der Waals surface area contributed by atoms with Crippen LogP contribution in [0.1, 0.15) is 20.8 Å². The molecule has 0 rings (SSSR count). The van der Waals surface area contributed by atoms with E-state index in [1.54, 1.807) is 7.11 Å². The Labute approximate surface area is 72.6 Å². The fourth-order valence-corrected chi connectivity index (χ4v) is 1.80. The van der Waals surface area contributed by atoms with E-state index in [0.717, 1.165) is 0 Å². The van der Waals surface area contributed by atoms with E-state index >= 15 is 0 Å². The Balaban J connectivity index is 4.07. The fourth-order valence-electron chi connectivity index (χ4n) is 0.834. The maximum atomic E-state index is 5.67. The van der Waals surface area contributed by atoms with Crippen LogP contribution in [0, 0.1) is 5.41 Å². The molecule has 0 aromatic carbocycles. The number of alkyl halides is 2. The first kappa shape index (κ1) is 10.5. The van der Waals surface area contributed by atoms with Crippen LogP contribution < -0.4 is 0 Å². The van der Waals surface area contributed by atoms with Crippen LogP contribution in [0.5, 0.6) is 0 Å². The second-order valence-corrected chi connectivity index (χ2v) is 4.52. The molecule has 0 saturated carbocycles. The van der Waals surface area contributed by atoms with Crippen LogP contribution in [0.2, 0.25) is 0 Å². The van der Waals surface area contributed by atoms with Gasteiger partial charge in [-0.2, -0.15) is 0 Å². The van der Waals surface area contributed by atoms with Crippen LogP contribution in [0.4, 0.5) is 0 Å². The molecule has 1 atom stereocenters. The van der Waals surface area contributed by atoms with Gasteiger partial charge in [-0.15, -0.1) is 23.2 Å². The number of hydrogen-bond donors (Lipinski definition) is 0. The van der Waals surface area contributed by atoms with E-state index in [1.165, 1.54) is 0 Å². The summed E-state index contributed by atoms with van der Waals surface area (Å²) in [6, 6.07) is 0. The van der Waals surface area contributed by atoms with Gasteiger partial charge in [-0.05, 0) is 5.41 Å². The molecule has 1 nitrogen and oxygen atoms in total. The molecule has 0 heterocycles. The lowest BCUT2D eigenvalue weighted by molar-refractivity contribution is 0.0271. The van der Waals surface area contributed by atoms with E-state index in [0.29, 0.717) is 0 Å². The highest BCUT2D eigenvalue weighted by atomic mass is 35.5. The van der Waals surface area contributed by atoms with Crippen LogP contribution >= 0.6 is 23.2 Å². The summed E-state index contributed by atoms with van der Waals surface area (Å²) < 4.78 is 5.11. The molecule has 0 amide bonds. The summed E-state index contributed by atoms with van der Waals surface area (Å²) >= 11 is 11.3. The normalized spacial score (nSPS) is 15.9. The largest absolute Gasteiger partial charge is 0.378 e. The second-order valence-electron chi connectivity index (χ2n) is 3.36. The Morgan fingerprint density at radius 1 is 1.20 bits per heavy atom. The molecule has 0 aliphatic carbocycles. The Hall–Kier alpha value is 0.540. The average Bonchev–Trinajstić information content (AvgIpc) is 1.60. The Bertz CT molecular complexity index is 96.3. The van der Waals surface area contributed by atoms with E-state index in [-0.39, 0.29) is 11.5 Å². The highest BCUT2D eigenvalue weighted by Gasteiger charge is 2.29. The van der Waals surface area contributed by atoms with Crippen molar-refractivity contribution in [2.45, 2.75) is 31.7 Å². The number of halogens is 2. The highest BCUT2D eigenvalue weighted by molar-refractivity contribution is 6.44. The van der Waals surface area contributed by atoms with Crippen molar-refractivity contribution in [1.29, 1.82) is 0 Å². The Morgan fingerprint density at radius 2 is 1.60 bits per heavy atom. The summed E-state index contributed by atoms with van der Waals surface area (Å²) in [5, 5.41) is 0. The van der Waals surface area contributed by atoms with Crippen LogP contribution in [0.15, 0.2) is 0 Å². The van der Waals surface area contributed by atoms with Gasteiger partial charge in [0.15, 0.2) is 0 Å². The van der Waals surface area contributed by atoms with Gasteiger partial charge in [0.05, 0.1) is 6.10 Å². The predicted molar refractivity (Wildman–Crippen MR) is 45.7 cm³/mol. The molecule has 0 aromatic heterocycles. The zero-order valence-corrected chi connectivity index (χ0v) is 8.33. The zero-order valence-electron chi connectivity index (χ0n) is 6.82. The predicted octanol–water partition coefficient (Wildman–Crippen LogP) is 2.85. The number of rotatable bonds is 2. The van der Waals surface area contributed by atoms with Crippen LogP contribution in [-0.2, 0) is 4.74 Å². The summed E-state index contributed by atoms with van der Waals surface area (Å²) in [6.45, 7) is 6.12. The zero-order chi connectivity index (χ0) is 8.36. The smallest absolute Gasteiger partial charge is 0.134 e. The highest BCUT2D eigenvalue weighted by Crippen LogP contribution is 2.28. The van der Waals surface area contributed by atoms with E-state index in [2.05, 4.69) is 0 Å². The Morgan fingerprint density at radius 3 is 1.60 bits per heavy atom.